The Kier molecular flexibility index (Phi) is 5.44. The van der Waals surface area contributed by atoms with E-state index in [4.69, 9.17) is 5.73 Å². The maximum absolute atomic E-state index is 11.6. The van der Waals surface area contributed by atoms with Crippen LogP contribution in [0.4, 0.5) is 5.82 Å². The summed E-state index contributed by atoms with van der Waals surface area (Å²) in [6.45, 7) is 5.41. The molecule has 6 heteroatoms. The van der Waals surface area contributed by atoms with Crippen LogP contribution in [0.2, 0.25) is 0 Å². The molecule has 0 spiro atoms. The second-order valence-electron chi connectivity index (χ2n) is 4.70. The van der Waals surface area contributed by atoms with E-state index in [-0.39, 0.29) is 24.3 Å². The first-order valence-electron chi connectivity index (χ1n) is 6.17. The SMILES string of the molecule is Cc1cccc(NC(=O)CNC(=O)[C@@H](N)C(C)C)n1. The lowest BCUT2D eigenvalue weighted by molar-refractivity contribution is -0.125. The molecular formula is C13H20N4O2. The van der Waals surface area contributed by atoms with Crippen molar-refractivity contribution in [2.75, 3.05) is 11.9 Å². The minimum absolute atomic E-state index is 0.0292. The van der Waals surface area contributed by atoms with Gasteiger partial charge in [-0.3, -0.25) is 9.59 Å². The maximum Gasteiger partial charge on any atom is 0.244 e. The van der Waals surface area contributed by atoms with Crippen molar-refractivity contribution in [1.82, 2.24) is 10.3 Å². The highest BCUT2D eigenvalue weighted by Gasteiger charge is 2.17. The molecule has 0 aromatic carbocycles. The number of hydrogen-bond acceptors (Lipinski definition) is 4. The third-order valence-electron chi connectivity index (χ3n) is 2.60. The van der Waals surface area contributed by atoms with Gasteiger partial charge in [-0.25, -0.2) is 4.98 Å². The summed E-state index contributed by atoms with van der Waals surface area (Å²) in [6.07, 6.45) is 0. The molecule has 0 saturated heterocycles. The molecule has 0 fully saturated rings. The van der Waals surface area contributed by atoms with E-state index in [9.17, 15) is 9.59 Å². The minimum Gasteiger partial charge on any atom is -0.346 e. The molecule has 0 unspecified atom stereocenters. The van der Waals surface area contributed by atoms with Gasteiger partial charge in [-0.2, -0.15) is 0 Å². The van der Waals surface area contributed by atoms with Crippen molar-refractivity contribution >= 4 is 17.6 Å². The smallest absolute Gasteiger partial charge is 0.244 e. The van der Waals surface area contributed by atoms with Crippen molar-refractivity contribution in [3.8, 4) is 0 Å². The standard InChI is InChI=1S/C13H20N4O2/c1-8(2)12(14)13(19)15-7-11(18)17-10-6-4-5-9(3)16-10/h4-6,8,12H,7,14H2,1-3H3,(H,15,19)(H,16,17,18)/t12-/m0/s1. The summed E-state index contributed by atoms with van der Waals surface area (Å²) < 4.78 is 0. The zero-order valence-corrected chi connectivity index (χ0v) is 11.4. The van der Waals surface area contributed by atoms with Gasteiger partial charge in [-0.1, -0.05) is 19.9 Å². The normalized spacial score (nSPS) is 12.1. The monoisotopic (exact) mass is 264 g/mol. The third kappa shape index (κ3) is 5.05. The first-order chi connectivity index (χ1) is 8.90. The lowest BCUT2D eigenvalue weighted by Gasteiger charge is -2.15. The number of anilines is 1. The molecule has 0 bridgehead atoms. The number of nitrogens with zero attached hydrogens (tertiary/aromatic N) is 1. The van der Waals surface area contributed by atoms with Crippen LogP contribution in [-0.2, 0) is 9.59 Å². The molecule has 19 heavy (non-hydrogen) atoms. The number of carbonyl (C=O) groups excluding carboxylic acids is 2. The largest absolute Gasteiger partial charge is 0.346 e. The van der Waals surface area contributed by atoms with E-state index in [1.165, 1.54) is 0 Å². The topological polar surface area (TPSA) is 97.1 Å². The molecule has 1 atom stereocenters. The van der Waals surface area contributed by atoms with Crippen LogP contribution in [0.25, 0.3) is 0 Å². The van der Waals surface area contributed by atoms with Crippen LogP contribution in [0, 0.1) is 12.8 Å². The molecule has 0 aliphatic rings. The van der Waals surface area contributed by atoms with Crippen LogP contribution in [0.15, 0.2) is 18.2 Å². The van der Waals surface area contributed by atoms with E-state index in [0.29, 0.717) is 5.82 Å². The van der Waals surface area contributed by atoms with Crippen LogP contribution in [0.5, 0.6) is 0 Å². The number of nitrogens with two attached hydrogens (primary N) is 1. The van der Waals surface area contributed by atoms with E-state index in [1.54, 1.807) is 12.1 Å². The predicted octanol–water partition coefficient (Wildman–Crippen LogP) is 0.428. The Morgan fingerprint density at radius 3 is 2.63 bits per heavy atom. The molecule has 1 aromatic heterocycles. The Balaban J connectivity index is 2.42. The number of amides is 2. The number of pyridine rings is 1. The average molecular weight is 264 g/mol. The molecule has 4 N–H and O–H groups in total. The summed E-state index contributed by atoms with van der Waals surface area (Å²) in [4.78, 5) is 27.3. The second-order valence-corrected chi connectivity index (χ2v) is 4.70. The average Bonchev–Trinajstić information content (AvgIpc) is 2.34. The van der Waals surface area contributed by atoms with Gasteiger partial charge < -0.3 is 16.4 Å². The van der Waals surface area contributed by atoms with Crippen LogP contribution in [0.3, 0.4) is 0 Å². The highest BCUT2D eigenvalue weighted by Crippen LogP contribution is 2.03. The Morgan fingerprint density at radius 2 is 2.05 bits per heavy atom. The molecule has 104 valence electrons. The summed E-state index contributed by atoms with van der Waals surface area (Å²) in [5, 5.41) is 5.10. The summed E-state index contributed by atoms with van der Waals surface area (Å²) in [5.74, 6) is -0.168. The number of carbonyl (C=O) groups is 2. The van der Waals surface area contributed by atoms with E-state index in [1.807, 2.05) is 26.8 Å². The molecule has 0 radical (unpaired) electrons. The number of hydrogen-bond donors (Lipinski definition) is 3. The zero-order valence-electron chi connectivity index (χ0n) is 11.4. The summed E-state index contributed by atoms with van der Waals surface area (Å²) in [7, 11) is 0. The highest BCUT2D eigenvalue weighted by atomic mass is 16.2. The lowest BCUT2D eigenvalue weighted by atomic mass is 10.1. The molecule has 1 heterocycles. The fourth-order valence-corrected chi connectivity index (χ4v) is 1.39. The molecule has 6 nitrogen and oxygen atoms in total. The molecule has 2 amide bonds. The Labute approximate surface area is 112 Å². The van der Waals surface area contributed by atoms with Crippen molar-refractivity contribution in [2.24, 2.45) is 11.7 Å². The van der Waals surface area contributed by atoms with E-state index >= 15 is 0 Å². The van der Waals surface area contributed by atoms with Crippen LogP contribution in [-0.4, -0.2) is 29.4 Å². The van der Waals surface area contributed by atoms with Gasteiger partial charge >= 0.3 is 0 Å². The maximum atomic E-state index is 11.6. The lowest BCUT2D eigenvalue weighted by Crippen LogP contribution is -2.46. The number of aryl methyl sites for hydroxylation is 1. The highest BCUT2D eigenvalue weighted by molar-refractivity contribution is 5.94. The minimum atomic E-state index is -0.607. The molecule has 1 aromatic rings. The predicted molar refractivity (Wildman–Crippen MR) is 73.4 cm³/mol. The Hall–Kier alpha value is -1.95. The summed E-state index contributed by atoms with van der Waals surface area (Å²) in [6, 6.07) is 4.71. The van der Waals surface area contributed by atoms with Gasteiger partial charge in [-0.15, -0.1) is 0 Å². The Morgan fingerprint density at radius 1 is 1.37 bits per heavy atom. The first kappa shape index (κ1) is 15.1. The van der Waals surface area contributed by atoms with Gasteiger partial charge in [0.15, 0.2) is 0 Å². The van der Waals surface area contributed by atoms with Crippen molar-refractivity contribution in [3.05, 3.63) is 23.9 Å². The zero-order chi connectivity index (χ0) is 14.4. The van der Waals surface area contributed by atoms with Gasteiger partial charge in [0, 0.05) is 5.69 Å². The molecule has 1 rings (SSSR count). The van der Waals surface area contributed by atoms with E-state index < -0.39 is 6.04 Å². The number of nitrogens with one attached hydrogen (secondary N) is 2. The van der Waals surface area contributed by atoms with Crippen LogP contribution in [0.1, 0.15) is 19.5 Å². The van der Waals surface area contributed by atoms with Crippen molar-refractivity contribution in [2.45, 2.75) is 26.8 Å². The number of aromatic nitrogens is 1. The summed E-state index contributed by atoms with van der Waals surface area (Å²) in [5.41, 5.74) is 6.47. The molecule has 0 aliphatic carbocycles. The van der Waals surface area contributed by atoms with Gasteiger partial charge in [0.05, 0.1) is 12.6 Å². The fourth-order valence-electron chi connectivity index (χ4n) is 1.39. The third-order valence-corrected chi connectivity index (χ3v) is 2.60. The van der Waals surface area contributed by atoms with Gasteiger partial charge in [0.25, 0.3) is 0 Å². The number of rotatable bonds is 5. The van der Waals surface area contributed by atoms with Crippen LogP contribution >= 0.6 is 0 Å². The summed E-state index contributed by atoms with van der Waals surface area (Å²) >= 11 is 0. The van der Waals surface area contributed by atoms with Gasteiger partial charge in [0.2, 0.25) is 11.8 Å². The molecule has 0 saturated carbocycles. The quantitative estimate of drug-likeness (QED) is 0.718. The first-order valence-corrected chi connectivity index (χ1v) is 6.17. The van der Waals surface area contributed by atoms with Crippen molar-refractivity contribution in [3.63, 3.8) is 0 Å². The van der Waals surface area contributed by atoms with Crippen LogP contribution < -0.4 is 16.4 Å². The van der Waals surface area contributed by atoms with Gasteiger partial charge in [0.1, 0.15) is 5.82 Å². The van der Waals surface area contributed by atoms with E-state index in [0.717, 1.165) is 5.69 Å². The Bertz CT molecular complexity index is 460. The van der Waals surface area contributed by atoms with E-state index in [2.05, 4.69) is 15.6 Å². The van der Waals surface area contributed by atoms with Crippen molar-refractivity contribution in [1.29, 1.82) is 0 Å². The molecule has 0 aliphatic heterocycles. The van der Waals surface area contributed by atoms with Crippen molar-refractivity contribution < 1.29 is 9.59 Å². The molecular weight excluding hydrogens is 244 g/mol. The van der Waals surface area contributed by atoms with Gasteiger partial charge in [-0.05, 0) is 25.0 Å². The second kappa shape index (κ2) is 6.84. The fraction of sp³-hybridized carbons (Fsp3) is 0.462.